The van der Waals surface area contributed by atoms with E-state index in [1.165, 1.54) is 0 Å². The number of aromatic nitrogens is 2. The molecule has 3 nitrogen and oxygen atoms in total. The zero-order valence-corrected chi connectivity index (χ0v) is 12.0. The number of hydrogen-bond donors (Lipinski definition) is 1. The molecule has 3 aromatic rings. The fraction of sp³-hybridized carbons (Fsp3) is 0.111. The number of H-pyrrole nitrogens is 1. The lowest BCUT2D eigenvalue weighted by atomic mass is 10.0. The van der Waals surface area contributed by atoms with Crippen molar-refractivity contribution in [3.63, 3.8) is 0 Å². The van der Waals surface area contributed by atoms with Crippen LogP contribution < -0.4 is 0 Å². The second-order valence-electron chi connectivity index (χ2n) is 5.08. The highest BCUT2D eigenvalue weighted by Crippen LogP contribution is 2.22. The molecule has 0 aliphatic carbocycles. The summed E-state index contributed by atoms with van der Waals surface area (Å²) in [6.45, 7) is 4.10. The van der Waals surface area contributed by atoms with Gasteiger partial charge in [-0.15, -0.1) is 0 Å². The number of nitrogens with one attached hydrogen (secondary N) is 1. The van der Waals surface area contributed by atoms with Gasteiger partial charge in [-0.05, 0) is 48.7 Å². The summed E-state index contributed by atoms with van der Waals surface area (Å²) in [7, 11) is 0. The average Bonchev–Trinajstić information content (AvgIpc) is 2.90. The standard InChI is InChI=1S/C18H15N3/c1-12-6-5-7-13(2)15(12)10-14(11-19)18-20-16-8-3-4-9-17(16)21-18/h3-10H,1-2H3,(H,20,21). The molecule has 1 heterocycles. The number of allylic oxidation sites excluding steroid dienone is 1. The van der Waals surface area contributed by atoms with Crippen LogP contribution in [0.3, 0.4) is 0 Å². The van der Waals surface area contributed by atoms with Crippen molar-refractivity contribution < 1.29 is 0 Å². The summed E-state index contributed by atoms with van der Waals surface area (Å²) in [5.41, 5.74) is 5.74. The van der Waals surface area contributed by atoms with Crippen molar-refractivity contribution in [3.8, 4) is 6.07 Å². The van der Waals surface area contributed by atoms with Gasteiger partial charge in [0.15, 0.2) is 0 Å². The van der Waals surface area contributed by atoms with E-state index < -0.39 is 0 Å². The zero-order chi connectivity index (χ0) is 14.8. The zero-order valence-electron chi connectivity index (χ0n) is 12.0. The molecular weight excluding hydrogens is 258 g/mol. The van der Waals surface area contributed by atoms with Crippen LogP contribution in [0.2, 0.25) is 0 Å². The van der Waals surface area contributed by atoms with Crippen molar-refractivity contribution in [1.29, 1.82) is 5.26 Å². The van der Waals surface area contributed by atoms with Crippen LogP contribution in [-0.2, 0) is 0 Å². The van der Waals surface area contributed by atoms with Crippen molar-refractivity contribution in [1.82, 2.24) is 9.97 Å². The van der Waals surface area contributed by atoms with Crippen LogP contribution in [0, 0.1) is 25.2 Å². The molecule has 0 saturated heterocycles. The Morgan fingerprint density at radius 2 is 1.81 bits per heavy atom. The minimum absolute atomic E-state index is 0.545. The van der Waals surface area contributed by atoms with Crippen LogP contribution in [0.1, 0.15) is 22.5 Å². The summed E-state index contributed by atoms with van der Waals surface area (Å²) in [5.74, 6) is 0.612. The highest BCUT2D eigenvalue weighted by Gasteiger charge is 2.09. The van der Waals surface area contributed by atoms with Gasteiger partial charge < -0.3 is 4.98 Å². The maximum atomic E-state index is 9.47. The summed E-state index contributed by atoms with van der Waals surface area (Å²) in [4.78, 5) is 7.70. The van der Waals surface area contributed by atoms with Gasteiger partial charge in [0.2, 0.25) is 0 Å². The summed E-state index contributed by atoms with van der Waals surface area (Å²) >= 11 is 0. The van der Waals surface area contributed by atoms with Crippen LogP contribution in [0.25, 0.3) is 22.7 Å². The molecule has 3 heteroatoms. The molecule has 0 bridgehead atoms. The summed E-state index contributed by atoms with van der Waals surface area (Å²) in [6, 6.07) is 16.1. The van der Waals surface area contributed by atoms with Crippen LogP contribution >= 0.6 is 0 Å². The van der Waals surface area contributed by atoms with Gasteiger partial charge in [0.05, 0.1) is 16.6 Å². The minimum Gasteiger partial charge on any atom is -0.337 e. The lowest BCUT2D eigenvalue weighted by Crippen LogP contribution is -1.89. The molecule has 0 radical (unpaired) electrons. The Morgan fingerprint density at radius 3 is 2.48 bits per heavy atom. The Labute approximate surface area is 123 Å². The lowest BCUT2D eigenvalue weighted by molar-refractivity contribution is 1.27. The van der Waals surface area contributed by atoms with Gasteiger partial charge in [0, 0.05) is 0 Å². The average molecular weight is 273 g/mol. The van der Waals surface area contributed by atoms with Gasteiger partial charge in [-0.25, -0.2) is 4.98 Å². The van der Waals surface area contributed by atoms with Crippen molar-refractivity contribution in [2.24, 2.45) is 0 Å². The van der Waals surface area contributed by atoms with Gasteiger partial charge >= 0.3 is 0 Å². The summed E-state index contributed by atoms with van der Waals surface area (Å²) in [6.07, 6.45) is 1.91. The Hall–Kier alpha value is -2.86. The van der Waals surface area contributed by atoms with Crippen molar-refractivity contribution >= 4 is 22.7 Å². The predicted molar refractivity (Wildman–Crippen MR) is 85.5 cm³/mol. The third-order valence-corrected chi connectivity index (χ3v) is 3.60. The van der Waals surface area contributed by atoms with E-state index in [0.717, 1.165) is 27.7 Å². The highest BCUT2D eigenvalue weighted by molar-refractivity contribution is 5.91. The number of nitriles is 1. The van der Waals surface area contributed by atoms with E-state index in [1.807, 2.05) is 62.4 Å². The van der Waals surface area contributed by atoms with Crippen molar-refractivity contribution in [2.45, 2.75) is 13.8 Å². The van der Waals surface area contributed by atoms with E-state index in [0.29, 0.717) is 11.4 Å². The summed E-state index contributed by atoms with van der Waals surface area (Å²) < 4.78 is 0. The predicted octanol–water partition coefficient (Wildman–Crippen LogP) is 4.24. The fourth-order valence-electron chi connectivity index (χ4n) is 2.43. The first kappa shape index (κ1) is 13.1. The van der Waals surface area contributed by atoms with Gasteiger partial charge in [-0.1, -0.05) is 30.3 Å². The second kappa shape index (κ2) is 5.26. The van der Waals surface area contributed by atoms with Gasteiger partial charge in [0.1, 0.15) is 11.9 Å². The number of fused-ring (bicyclic) bond motifs is 1. The topological polar surface area (TPSA) is 52.5 Å². The van der Waals surface area contributed by atoms with E-state index in [9.17, 15) is 5.26 Å². The number of para-hydroxylation sites is 2. The molecule has 3 rings (SSSR count). The number of aryl methyl sites for hydroxylation is 2. The van der Waals surface area contributed by atoms with E-state index in [4.69, 9.17) is 0 Å². The van der Waals surface area contributed by atoms with Crippen molar-refractivity contribution in [3.05, 3.63) is 65.0 Å². The van der Waals surface area contributed by atoms with E-state index in [-0.39, 0.29) is 0 Å². The number of rotatable bonds is 2. The smallest absolute Gasteiger partial charge is 0.149 e. The first-order valence-electron chi connectivity index (χ1n) is 6.82. The van der Waals surface area contributed by atoms with Crippen LogP contribution in [0.5, 0.6) is 0 Å². The molecule has 21 heavy (non-hydrogen) atoms. The Kier molecular flexibility index (Phi) is 3.29. The molecule has 0 fully saturated rings. The molecule has 0 unspecified atom stereocenters. The molecule has 1 aromatic heterocycles. The van der Waals surface area contributed by atoms with Crippen LogP contribution in [-0.4, -0.2) is 9.97 Å². The summed E-state index contributed by atoms with van der Waals surface area (Å²) in [5, 5.41) is 9.47. The Morgan fingerprint density at radius 1 is 1.10 bits per heavy atom. The molecular formula is C18H15N3. The third-order valence-electron chi connectivity index (χ3n) is 3.60. The highest BCUT2D eigenvalue weighted by atomic mass is 14.9. The maximum Gasteiger partial charge on any atom is 0.149 e. The largest absolute Gasteiger partial charge is 0.337 e. The maximum absolute atomic E-state index is 9.47. The quantitative estimate of drug-likeness (QED) is 0.710. The minimum atomic E-state index is 0.545. The number of benzene rings is 2. The Bertz CT molecular complexity index is 826. The van der Waals surface area contributed by atoms with Crippen LogP contribution in [0.15, 0.2) is 42.5 Å². The van der Waals surface area contributed by atoms with E-state index in [2.05, 4.69) is 16.0 Å². The van der Waals surface area contributed by atoms with E-state index in [1.54, 1.807) is 0 Å². The number of nitrogens with zero attached hydrogens (tertiary/aromatic N) is 2. The lowest BCUT2D eigenvalue weighted by Gasteiger charge is -2.05. The first-order valence-corrected chi connectivity index (χ1v) is 6.82. The second-order valence-corrected chi connectivity index (χ2v) is 5.08. The van der Waals surface area contributed by atoms with Gasteiger partial charge in [-0.2, -0.15) is 5.26 Å². The molecule has 0 aliphatic rings. The molecule has 102 valence electrons. The fourth-order valence-corrected chi connectivity index (χ4v) is 2.43. The van der Waals surface area contributed by atoms with Gasteiger partial charge in [0.25, 0.3) is 0 Å². The first-order chi connectivity index (χ1) is 10.2. The number of imidazole rings is 1. The molecule has 0 aliphatic heterocycles. The number of aromatic amines is 1. The molecule has 0 amide bonds. The molecule has 0 spiro atoms. The van der Waals surface area contributed by atoms with Gasteiger partial charge in [-0.3, -0.25) is 0 Å². The van der Waals surface area contributed by atoms with Crippen molar-refractivity contribution in [2.75, 3.05) is 0 Å². The molecule has 0 saturated carbocycles. The SMILES string of the molecule is Cc1cccc(C)c1C=C(C#N)c1nc2ccccc2[nH]1. The molecule has 0 atom stereocenters. The Balaban J connectivity index is 2.14. The third kappa shape index (κ3) is 2.44. The number of hydrogen-bond acceptors (Lipinski definition) is 2. The monoisotopic (exact) mass is 273 g/mol. The van der Waals surface area contributed by atoms with E-state index >= 15 is 0 Å². The normalized spacial score (nSPS) is 11.6. The van der Waals surface area contributed by atoms with Crippen LogP contribution in [0.4, 0.5) is 0 Å². The molecule has 2 aromatic carbocycles. The molecule has 1 N–H and O–H groups in total.